The van der Waals surface area contributed by atoms with Crippen LogP contribution in [0, 0.1) is 13.8 Å². The molecule has 3 N–H and O–H groups in total. The minimum Gasteiger partial charge on any atom is -0.394 e. The Labute approximate surface area is 166 Å². The molecule has 0 saturated carbocycles. The molecule has 0 bridgehead atoms. The van der Waals surface area contributed by atoms with E-state index in [-0.39, 0.29) is 18.6 Å². The molecule has 6 nitrogen and oxygen atoms in total. The van der Waals surface area contributed by atoms with E-state index < -0.39 is 12.2 Å². The van der Waals surface area contributed by atoms with Crippen molar-refractivity contribution >= 4 is 33.1 Å². The average Bonchev–Trinajstić information content (AvgIpc) is 3.27. The number of nitrogens with one attached hydrogen (secondary N) is 1. The van der Waals surface area contributed by atoms with Crippen molar-refractivity contribution in [1.29, 1.82) is 0 Å². The molecule has 4 rings (SSSR count). The Balaban J connectivity index is 1.57. The quantitative estimate of drug-likeness (QED) is 0.627. The van der Waals surface area contributed by atoms with E-state index in [1.54, 1.807) is 12.1 Å². The number of nitrogens with zero attached hydrogens (tertiary/aromatic N) is 1. The van der Waals surface area contributed by atoms with Gasteiger partial charge in [0.2, 0.25) is 0 Å². The number of fused-ring (bicyclic) bond motifs is 1. The number of aliphatic hydroxyl groups is 2. The van der Waals surface area contributed by atoms with Crippen LogP contribution in [0.3, 0.4) is 0 Å². The number of aliphatic hydroxyl groups excluding tert-OH is 2. The van der Waals surface area contributed by atoms with Crippen LogP contribution in [0.1, 0.15) is 39.0 Å². The third-order valence-corrected chi connectivity index (χ3v) is 6.19. The van der Waals surface area contributed by atoms with Crippen molar-refractivity contribution in [1.82, 2.24) is 4.98 Å². The Kier molecular flexibility index (Phi) is 5.16. The summed E-state index contributed by atoms with van der Waals surface area (Å²) in [6.45, 7) is 3.72. The monoisotopic (exact) mass is 398 g/mol. The highest BCUT2D eigenvalue weighted by atomic mass is 32.1. The van der Waals surface area contributed by atoms with Crippen molar-refractivity contribution < 1.29 is 19.7 Å². The van der Waals surface area contributed by atoms with E-state index in [0.717, 1.165) is 32.0 Å². The smallest absolute Gasteiger partial charge is 0.255 e. The topological polar surface area (TPSA) is 91.7 Å². The standard InChI is InChI=1S/C21H22N2O4S/c1-11-4-3-5-12(2)19(11)23-20(26)13-6-7-18-14(8-13)22-21(28-18)16-9-15(25)17(10-24)27-16/h3-8,15-17,24-25H,9-10H2,1-2H3,(H,23,26)/t15-,16+,17+/m0/s1. The molecule has 0 radical (unpaired) electrons. The maximum absolute atomic E-state index is 12.7. The Hall–Kier alpha value is -2.32. The van der Waals surface area contributed by atoms with E-state index in [0.29, 0.717) is 12.0 Å². The van der Waals surface area contributed by atoms with Crippen LogP contribution in [0.5, 0.6) is 0 Å². The molecule has 0 aliphatic carbocycles. The zero-order valence-electron chi connectivity index (χ0n) is 15.7. The maximum Gasteiger partial charge on any atom is 0.255 e. The molecule has 1 amide bonds. The maximum atomic E-state index is 12.7. The van der Waals surface area contributed by atoms with Crippen molar-refractivity contribution in [3.63, 3.8) is 0 Å². The van der Waals surface area contributed by atoms with Crippen LogP contribution in [0.15, 0.2) is 36.4 Å². The van der Waals surface area contributed by atoms with Crippen molar-refractivity contribution in [2.75, 3.05) is 11.9 Å². The lowest BCUT2D eigenvalue weighted by Gasteiger charge is -2.11. The van der Waals surface area contributed by atoms with E-state index >= 15 is 0 Å². The summed E-state index contributed by atoms with van der Waals surface area (Å²) in [7, 11) is 0. The summed E-state index contributed by atoms with van der Waals surface area (Å²) in [4.78, 5) is 17.3. The molecule has 1 saturated heterocycles. The fourth-order valence-electron chi connectivity index (χ4n) is 3.47. The first-order chi connectivity index (χ1) is 13.5. The summed E-state index contributed by atoms with van der Waals surface area (Å²) in [6.07, 6.45) is -1.20. The highest BCUT2D eigenvalue weighted by Gasteiger charge is 2.35. The van der Waals surface area contributed by atoms with Gasteiger partial charge in [-0.1, -0.05) is 18.2 Å². The van der Waals surface area contributed by atoms with Crippen LogP contribution >= 0.6 is 11.3 Å². The van der Waals surface area contributed by atoms with E-state index in [4.69, 9.17) is 4.74 Å². The number of hydrogen-bond donors (Lipinski definition) is 3. The second kappa shape index (κ2) is 7.60. The molecule has 7 heteroatoms. The first-order valence-electron chi connectivity index (χ1n) is 9.18. The van der Waals surface area contributed by atoms with Gasteiger partial charge in [-0.15, -0.1) is 11.3 Å². The van der Waals surface area contributed by atoms with Gasteiger partial charge in [0, 0.05) is 17.7 Å². The number of para-hydroxylation sites is 1. The third-order valence-electron chi connectivity index (χ3n) is 5.07. The van der Waals surface area contributed by atoms with Crippen molar-refractivity contribution in [3.8, 4) is 0 Å². The Morgan fingerprint density at radius 3 is 2.71 bits per heavy atom. The first-order valence-corrected chi connectivity index (χ1v) is 10.0. The Morgan fingerprint density at radius 2 is 2.04 bits per heavy atom. The van der Waals surface area contributed by atoms with Crippen LogP contribution in [-0.2, 0) is 4.74 Å². The Morgan fingerprint density at radius 1 is 1.29 bits per heavy atom. The summed E-state index contributed by atoms with van der Waals surface area (Å²) in [6, 6.07) is 11.3. The van der Waals surface area contributed by atoms with E-state index in [9.17, 15) is 15.0 Å². The Bertz CT molecular complexity index is 1010. The SMILES string of the molecule is Cc1cccc(C)c1NC(=O)c1ccc2sc([C@H]3C[C@H](O)[C@@H](CO)O3)nc2c1. The molecule has 3 aromatic rings. The highest BCUT2D eigenvalue weighted by molar-refractivity contribution is 7.18. The molecule has 0 unspecified atom stereocenters. The minimum atomic E-state index is -0.694. The number of ether oxygens (including phenoxy) is 1. The summed E-state index contributed by atoms with van der Waals surface area (Å²) in [5, 5.41) is 22.9. The number of aryl methyl sites for hydroxylation is 2. The molecule has 1 aromatic heterocycles. The van der Waals surface area contributed by atoms with Gasteiger partial charge >= 0.3 is 0 Å². The molecule has 146 valence electrons. The first kappa shape index (κ1) is 19.0. The molecule has 2 aromatic carbocycles. The minimum absolute atomic E-state index is 0.179. The lowest BCUT2D eigenvalue weighted by Crippen LogP contribution is -2.24. The van der Waals surface area contributed by atoms with Crippen molar-refractivity contribution in [2.45, 2.75) is 38.6 Å². The van der Waals surface area contributed by atoms with Crippen LogP contribution in [0.25, 0.3) is 10.2 Å². The van der Waals surface area contributed by atoms with Gasteiger partial charge in [-0.25, -0.2) is 4.98 Å². The number of amides is 1. The normalized spacial score (nSPS) is 21.9. The zero-order valence-corrected chi connectivity index (χ0v) is 16.5. The van der Waals surface area contributed by atoms with Gasteiger partial charge in [-0.2, -0.15) is 0 Å². The molecule has 1 aliphatic heterocycles. The second-order valence-electron chi connectivity index (χ2n) is 7.10. The van der Waals surface area contributed by atoms with E-state index in [1.807, 2.05) is 38.1 Å². The number of aromatic nitrogens is 1. The fourth-order valence-corrected chi connectivity index (χ4v) is 4.47. The van der Waals surface area contributed by atoms with Gasteiger partial charge in [0.1, 0.15) is 17.2 Å². The lowest BCUT2D eigenvalue weighted by molar-refractivity contribution is -0.0225. The number of hydrogen-bond acceptors (Lipinski definition) is 6. The van der Waals surface area contributed by atoms with Crippen molar-refractivity contribution in [2.24, 2.45) is 0 Å². The number of rotatable bonds is 4. The molecule has 2 heterocycles. The van der Waals surface area contributed by atoms with Crippen LogP contribution < -0.4 is 5.32 Å². The number of carbonyl (C=O) groups excluding carboxylic acids is 1. The number of carbonyl (C=O) groups is 1. The second-order valence-corrected chi connectivity index (χ2v) is 8.17. The average molecular weight is 398 g/mol. The molecule has 3 atom stereocenters. The molecular weight excluding hydrogens is 376 g/mol. The fraction of sp³-hybridized carbons (Fsp3) is 0.333. The van der Waals surface area contributed by atoms with Crippen LogP contribution in [-0.4, -0.2) is 39.9 Å². The zero-order chi connectivity index (χ0) is 19.8. The summed E-state index contributed by atoms with van der Waals surface area (Å²) < 4.78 is 6.64. The molecule has 1 fully saturated rings. The lowest BCUT2D eigenvalue weighted by atomic mass is 10.1. The summed E-state index contributed by atoms with van der Waals surface area (Å²) in [5.41, 5.74) is 4.11. The van der Waals surface area contributed by atoms with E-state index in [2.05, 4.69) is 10.3 Å². The van der Waals surface area contributed by atoms with Crippen LogP contribution in [0.2, 0.25) is 0 Å². The molecule has 1 aliphatic rings. The number of benzene rings is 2. The number of thiazole rings is 1. The molecule has 28 heavy (non-hydrogen) atoms. The molecular formula is C21H22N2O4S. The van der Waals surface area contributed by atoms with Gasteiger partial charge < -0.3 is 20.3 Å². The summed E-state index contributed by atoms with van der Waals surface area (Å²) in [5.74, 6) is -0.179. The van der Waals surface area contributed by atoms with Gasteiger partial charge in [-0.05, 0) is 43.2 Å². The van der Waals surface area contributed by atoms with Gasteiger partial charge in [0.15, 0.2) is 0 Å². The predicted molar refractivity (Wildman–Crippen MR) is 109 cm³/mol. The number of anilines is 1. The largest absolute Gasteiger partial charge is 0.394 e. The van der Waals surface area contributed by atoms with Gasteiger partial charge in [0.25, 0.3) is 5.91 Å². The highest BCUT2D eigenvalue weighted by Crippen LogP contribution is 2.37. The van der Waals surface area contributed by atoms with Gasteiger partial charge in [0.05, 0.1) is 22.9 Å². The molecule has 0 spiro atoms. The van der Waals surface area contributed by atoms with Crippen molar-refractivity contribution in [3.05, 3.63) is 58.1 Å². The summed E-state index contributed by atoms with van der Waals surface area (Å²) >= 11 is 1.48. The van der Waals surface area contributed by atoms with E-state index in [1.165, 1.54) is 11.3 Å². The van der Waals surface area contributed by atoms with Gasteiger partial charge in [-0.3, -0.25) is 4.79 Å². The predicted octanol–water partition coefficient (Wildman–Crippen LogP) is 3.35. The van der Waals surface area contributed by atoms with Crippen LogP contribution in [0.4, 0.5) is 5.69 Å². The third kappa shape index (κ3) is 3.54.